The minimum absolute atomic E-state index is 0.276. The molecule has 0 atom stereocenters. The Morgan fingerprint density at radius 1 is 1.25 bits per heavy atom. The van der Waals surface area contributed by atoms with E-state index in [4.69, 9.17) is 0 Å². The molecule has 3 nitrogen and oxygen atoms in total. The molecule has 0 radical (unpaired) electrons. The molecule has 0 saturated carbocycles. The predicted molar refractivity (Wildman–Crippen MR) is 74.9 cm³/mol. The Balaban J connectivity index is 2.86. The SMILES string of the molecule is CCCNCc1cc(C)nc(N(CC)CC(F)(F)F)c1. The quantitative estimate of drug-likeness (QED) is 0.781. The third-order valence-electron chi connectivity index (χ3n) is 2.83. The fourth-order valence-electron chi connectivity index (χ4n) is 1.97. The van der Waals surface area contributed by atoms with E-state index in [-0.39, 0.29) is 6.54 Å². The molecule has 1 aromatic rings. The van der Waals surface area contributed by atoms with Crippen LogP contribution in [0.3, 0.4) is 0 Å². The van der Waals surface area contributed by atoms with Gasteiger partial charge in [0.1, 0.15) is 12.4 Å². The maximum atomic E-state index is 12.5. The van der Waals surface area contributed by atoms with Crippen molar-refractivity contribution in [3.05, 3.63) is 23.4 Å². The highest BCUT2D eigenvalue weighted by Crippen LogP contribution is 2.21. The Morgan fingerprint density at radius 2 is 1.95 bits per heavy atom. The lowest BCUT2D eigenvalue weighted by Crippen LogP contribution is -2.34. The van der Waals surface area contributed by atoms with Crippen molar-refractivity contribution in [1.82, 2.24) is 10.3 Å². The van der Waals surface area contributed by atoms with E-state index >= 15 is 0 Å². The lowest BCUT2D eigenvalue weighted by molar-refractivity contribution is -0.119. The van der Waals surface area contributed by atoms with E-state index in [0.717, 1.165) is 24.2 Å². The fourth-order valence-corrected chi connectivity index (χ4v) is 1.97. The van der Waals surface area contributed by atoms with Gasteiger partial charge in [-0.2, -0.15) is 13.2 Å². The molecule has 0 fully saturated rings. The topological polar surface area (TPSA) is 28.2 Å². The summed E-state index contributed by atoms with van der Waals surface area (Å²) in [5.41, 5.74) is 1.69. The summed E-state index contributed by atoms with van der Waals surface area (Å²) in [6.07, 6.45) is -3.20. The van der Waals surface area contributed by atoms with E-state index in [9.17, 15) is 13.2 Å². The summed E-state index contributed by atoms with van der Waals surface area (Å²) in [7, 11) is 0. The molecule has 0 aliphatic carbocycles. The van der Waals surface area contributed by atoms with E-state index in [1.165, 1.54) is 4.90 Å². The van der Waals surface area contributed by atoms with Crippen molar-refractivity contribution in [1.29, 1.82) is 0 Å². The maximum Gasteiger partial charge on any atom is 0.405 e. The number of nitrogens with one attached hydrogen (secondary N) is 1. The molecule has 20 heavy (non-hydrogen) atoms. The summed E-state index contributed by atoms with van der Waals surface area (Å²) in [6.45, 7) is 6.40. The minimum atomic E-state index is -4.22. The van der Waals surface area contributed by atoms with Gasteiger partial charge in [0.15, 0.2) is 0 Å². The van der Waals surface area contributed by atoms with Gasteiger partial charge >= 0.3 is 6.18 Å². The molecule has 114 valence electrons. The van der Waals surface area contributed by atoms with Crippen molar-refractivity contribution in [3.63, 3.8) is 0 Å². The molecular formula is C14H22F3N3. The molecule has 1 N–H and O–H groups in total. The zero-order valence-electron chi connectivity index (χ0n) is 12.2. The van der Waals surface area contributed by atoms with Crippen molar-refractivity contribution in [2.45, 2.75) is 39.9 Å². The minimum Gasteiger partial charge on any atom is -0.348 e. The summed E-state index contributed by atoms with van der Waals surface area (Å²) >= 11 is 0. The highest BCUT2D eigenvalue weighted by atomic mass is 19.4. The van der Waals surface area contributed by atoms with Crippen molar-refractivity contribution in [2.75, 3.05) is 24.5 Å². The molecule has 0 aliphatic rings. The lowest BCUT2D eigenvalue weighted by atomic mass is 10.2. The van der Waals surface area contributed by atoms with Crippen LogP contribution in [-0.4, -0.2) is 30.8 Å². The van der Waals surface area contributed by atoms with E-state index in [1.54, 1.807) is 19.9 Å². The van der Waals surface area contributed by atoms with Crippen molar-refractivity contribution in [2.24, 2.45) is 0 Å². The lowest BCUT2D eigenvalue weighted by Gasteiger charge is -2.24. The van der Waals surface area contributed by atoms with Gasteiger partial charge in [0.05, 0.1) is 0 Å². The Morgan fingerprint density at radius 3 is 2.50 bits per heavy atom. The van der Waals surface area contributed by atoms with Gasteiger partial charge in [-0.1, -0.05) is 6.92 Å². The molecule has 1 rings (SSSR count). The smallest absolute Gasteiger partial charge is 0.348 e. The molecule has 6 heteroatoms. The van der Waals surface area contributed by atoms with Crippen LogP contribution in [0.25, 0.3) is 0 Å². The number of hydrogen-bond acceptors (Lipinski definition) is 3. The van der Waals surface area contributed by atoms with Gasteiger partial charge in [-0.15, -0.1) is 0 Å². The highest BCUT2D eigenvalue weighted by Gasteiger charge is 2.30. The van der Waals surface area contributed by atoms with Crippen LogP contribution in [0.2, 0.25) is 0 Å². The van der Waals surface area contributed by atoms with Crippen LogP contribution in [0.4, 0.5) is 19.0 Å². The second kappa shape index (κ2) is 7.47. The van der Waals surface area contributed by atoms with Gasteiger partial charge in [0.2, 0.25) is 0 Å². The molecular weight excluding hydrogens is 267 g/mol. The normalized spacial score (nSPS) is 11.7. The first-order chi connectivity index (χ1) is 9.35. The van der Waals surface area contributed by atoms with E-state index in [2.05, 4.69) is 17.2 Å². The van der Waals surface area contributed by atoms with Gasteiger partial charge in [-0.3, -0.25) is 0 Å². The maximum absolute atomic E-state index is 12.5. The monoisotopic (exact) mass is 289 g/mol. The number of aromatic nitrogens is 1. The van der Waals surface area contributed by atoms with Crippen LogP contribution < -0.4 is 10.2 Å². The standard InChI is InChI=1S/C14H22F3N3/c1-4-6-18-9-12-7-11(3)19-13(8-12)20(5-2)10-14(15,16)17/h7-8,18H,4-6,9-10H2,1-3H3. The number of hydrogen-bond donors (Lipinski definition) is 1. The summed E-state index contributed by atoms with van der Waals surface area (Å²) in [4.78, 5) is 5.46. The third kappa shape index (κ3) is 5.77. The average molecular weight is 289 g/mol. The van der Waals surface area contributed by atoms with E-state index in [1.807, 2.05) is 6.07 Å². The van der Waals surface area contributed by atoms with Gasteiger partial charge in [0.25, 0.3) is 0 Å². The van der Waals surface area contributed by atoms with Crippen LogP contribution in [0.1, 0.15) is 31.5 Å². The molecule has 0 unspecified atom stereocenters. The first-order valence-corrected chi connectivity index (χ1v) is 6.85. The fraction of sp³-hybridized carbons (Fsp3) is 0.643. The van der Waals surface area contributed by atoms with E-state index < -0.39 is 12.7 Å². The molecule has 0 amide bonds. The first kappa shape index (κ1) is 16.8. The second-order valence-electron chi connectivity index (χ2n) is 4.78. The number of nitrogens with zero attached hydrogens (tertiary/aromatic N) is 2. The predicted octanol–water partition coefficient (Wildman–Crippen LogP) is 3.28. The number of halogens is 3. The first-order valence-electron chi connectivity index (χ1n) is 6.85. The van der Waals surface area contributed by atoms with Crippen LogP contribution in [0.15, 0.2) is 12.1 Å². The van der Waals surface area contributed by atoms with Gasteiger partial charge in [-0.05, 0) is 44.5 Å². The molecule has 0 saturated heterocycles. The molecule has 1 aromatic heterocycles. The van der Waals surface area contributed by atoms with Crippen LogP contribution in [0, 0.1) is 6.92 Å². The highest BCUT2D eigenvalue weighted by molar-refractivity contribution is 5.42. The summed E-state index contributed by atoms with van der Waals surface area (Å²) < 4.78 is 37.6. The largest absolute Gasteiger partial charge is 0.405 e. The molecule has 0 aromatic carbocycles. The van der Waals surface area contributed by atoms with Crippen molar-refractivity contribution >= 4 is 5.82 Å². The van der Waals surface area contributed by atoms with Gasteiger partial charge in [0, 0.05) is 18.8 Å². The Kier molecular flexibility index (Phi) is 6.26. The molecule has 0 spiro atoms. The molecule has 0 bridgehead atoms. The van der Waals surface area contributed by atoms with Crippen LogP contribution in [-0.2, 0) is 6.54 Å². The third-order valence-corrected chi connectivity index (χ3v) is 2.83. The van der Waals surface area contributed by atoms with Crippen molar-refractivity contribution in [3.8, 4) is 0 Å². The zero-order valence-corrected chi connectivity index (χ0v) is 12.2. The van der Waals surface area contributed by atoms with Gasteiger partial charge < -0.3 is 10.2 Å². The summed E-state index contributed by atoms with van der Waals surface area (Å²) in [6, 6.07) is 3.62. The molecule has 1 heterocycles. The Labute approximate surface area is 118 Å². The number of pyridine rings is 1. The number of anilines is 1. The zero-order chi connectivity index (χ0) is 15.2. The summed E-state index contributed by atoms with van der Waals surface area (Å²) in [5.74, 6) is 0.387. The Bertz CT molecular complexity index is 419. The number of rotatable bonds is 7. The van der Waals surface area contributed by atoms with Crippen molar-refractivity contribution < 1.29 is 13.2 Å². The number of alkyl halides is 3. The van der Waals surface area contributed by atoms with Crippen LogP contribution in [0.5, 0.6) is 0 Å². The summed E-state index contributed by atoms with van der Waals surface area (Å²) in [5, 5.41) is 3.24. The number of aryl methyl sites for hydroxylation is 1. The Hall–Kier alpha value is -1.30. The van der Waals surface area contributed by atoms with E-state index in [0.29, 0.717) is 12.4 Å². The molecule has 0 aliphatic heterocycles. The van der Waals surface area contributed by atoms with Crippen LogP contribution >= 0.6 is 0 Å². The second-order valence-corrected chi connectivity index (χ2v) is 4.78. The van der Waals surface area contributed by atoms with Gasteiger partial charge in [-0.25, -0.2) is 4.98 Å². The average Bonchev–Trinajstić information content (AvgIpc) is 2.34.